The Kier molecular flexibility index (Phi) is 6.49. The lowest BCUT2D eigenvalue weighted by Gasteiger charge is -2.11. The Morgan fingerprint density at radius 2 is 1.79 bits per heavy atom. The van der Waals surface area contributed by atoms with Gasteiger partial charge in [0.05, 0.1) is 4.92 Å². The van der Waals surface area contributed by atoms with E-state index in [-0.39, 0.29) is 28.6 Å². The minimum atomic E-state index is -0.542. The second-order valence-electron chi connectivity index (χ2n) is 6.53. The third kappa shape index (κ3) is 5.66. The molecule has 28 heavy (non-hydrogen) atoms. The van der Waals surface area contributed by atoms with E-state index in [4.69, 9.17) is 0 Å². The number of carbonyl (C=O) groups is 2. The highest BCUT2D eigenvalue weighted by atomic mass is 16.6. The van der Waals surface area contributed by atoms with E-state index >= 15 is 0 Å². The summed E-state index contributed by atoms with van der Waals surface area (Å²) in [5.41, 5.74) is 2.29. The van der Waals surface area contributed by atoms with Crippen molar-refractivity contribution in [2.45, 2.75) is 13.8 Å². The number of nitrogens with one attached hydrogen (secondary N) is 2. The maximum atomic E-state index is 12.2. The van der Waals surface area contributed by atoms with Crippen molar-refractivity contribution in [3.05, 3.63) is 69.9 Å². The largest absolute Gasteiger partial charge is 0.383 e. The number of ketones is 1. The first-order chi connectivity index (χ1) is 13.2. The third-order valence-electron chi connectivity index (χ3n) is 3.68. The van der Waals surface area contributed by atoms with E-state index in [1.54, 1.807) is 43.4 Å². The zero-order valence-electron chi connectivity index (χ0n) is 16.1. The first-order valence-corrected chi connectivity index (χ1v) is 8.49. The Balaban J connectivity index is 2.36. The minimum absolute atomic E-state index is 0.212. The Morgan fingerprint density at radius 3 is 2.39 bits per heavy atom. The summed E-state index contributed by atoms with van der Waals surface area (Å²) in [6.45, 7) is 3.25. The molecule has 0 radical (unpaired) electrons. The zero-order chi connectivity index (χ0) is 20.8. The number of aryl methyl sites for hydroxylation is 1. The van der Waals surface area contributed by atoms with Crippen LogP contribution in [0.5, 0.6) is 0 Å². The molecule has 0 unspecified atom stereocenters. The van der Waals surface area contributed by atoms with Gasteiger partial charge in [-0.1, -0.05) is 0 Å². The average Bonchev–Trinajstić information content (AvgIpc) is 2.58. The molecule has 0 aliphatic heterocycles. The van der Waals surface area contributed by atoms with Gasteiger partial charge in [-0.15, -0.1) is 0 Å². The van der Waals surface area contributed by atoms with Crippen LogP contribution in [0.1, 0.15) is 22.8 Å². The summed E-state index contributed by atoms with van der Waals surface area (Å²) >= 11 is 0. The number of anilines is 3. The number of nitro benzene ring substituents is 1. The third-order valence-corrected chi connectivity index (χ3v) is 3.68. The number of nitrogens with zero attached hydrogens (tertiary/aromatic N) is 2. The standard InChI is InChI=1S/C20H22N4O4/c1-13-9-16(21-14(2)25)12-17(10-13)22-18-6-5-15(11-19(18)24(27)28)20(26)7-8-23(3)4/h5-12,22H,1-4H3,(H,21,25). The van der Waals surface area contributed by atoms with Crippen molar-refractivity contribution in [1.29, 1.82) is 0 Å². The van der Waals surface area contributed by atoms with Gasteiger partial charge in [-0.25, -0.2) is 0 Å². The van der Waals surface area contributed by atoms with Crippen molar-refractivity contribution in [2.24, 2.45) is 0 Å². The summed E-state index contributed by atoms with van der Waals surface area (Å²) in [5.74, 6) is -0.539. The van der Waals surface area contributed by atoms with Crippen LogP contribution in [-0.2, 0) is 4.79 Å². The number of nitro groups is 1. The fourth-order valence-electron chi connectivity index (χ4n) is 2.54. The lowest BCUT2D eigenvalue weighted by atomic mass is 10.1. The van der Waals surface area contributed by atoms with E-state index in [2.05, 4.69) is 10.6 Å². The summed E-state index contributed by atoms with van der Waals surface area (Å²) in [6, 6.07) is 9.54. The van der Waals surface area contributed by atoms with Crippen LogP contribution < -0.4 is 10.6 Å². The molecule has 146 valence electrons. The SMILES string of the molecule is CC(=O)Nc1cc(C)cc(Nc2ccc(C(=O)C=CN(C)C)cc2[N+](=O)[O-])c1. The van der Waals surface area contributed by atoms with Gasteiger partial charge in [0, 0.05) is 56.3 Å². The number of carbonyl (C=O) groups excluding carboxylic acids is 2. The summed E-state index contributed by atoms with van der Waals surface area (Å²) in [5, 5.41) is 17.2. The van der Waals surface area contributed by atoms with Crippen LogP contribution in [0.15, 0.2) is 48.7 Å². The molecule has 1 amide bonds. The van der Waals surface area contributed by atoms with Crippen LogP contribution in [0.2, 0.25) is 0 Å². The number of allylic oxidation sites excluding steroid dienone is 1. The molecule has 2 rings (SSSR count). The van der Waals surface area contributed by atoms with E-state index in [9.17, 15) is 19.7 Å². The van der Waals surface area contributed by atoms with Crippen molar-refractivity contribution in [3.63, 3.8) is 0 Å². The fraction of sp³-hybridized carbons (Fsp3) is 0.200. The Bertz CT molecular complexity index is 951. The maximum absolute atomic E-state index is 12.2. The van der Waals surface area contributed by atoms with E-state index in [0.29, 0.717) is 11.4 Å². The van der Waals surface area contributed by atoms with Crippen molar-refractivity contribution in [3.8, 4) is 0 Å². The van der Waals surface area contributed by atoms with Gasteiger partial charge in [0.1, 0.15) is 5.69 Å². The number of amides is 1. The van der Waals surface area contributed by atoms with E-state index in [0.717, 1.165) is 5.56 Å². The molecule has 8 nitrogen and oxygen atoms in total. The number of benzene rings is 2. The smallest absolute Gasteiger partial charge is 0.293 e. The molecule has 0 aliphatic carbocycles. The highest BCUT2D eigenvalue weighted by Crippen LogP contribution is 2.30. The molecule has 2 aromatic rings. The van der Waals surface area contributed by atoms with Crippen molar-refractivity contribution in [1.82, 2.24) is 4.90 Å². The first kappa shape index (κ1) is 20.6. The molecule has 0 aromatic heterocycles. The predicted octanol–water partition coefficient (Wildman–Crippen LogP) is 3.86. The zero-order valence-corrected chi connectivity index (χ0v) is 16.1. The molecule has 2 N–H and O–H groups in total. The highest BCUT2D eigenvalue weighted by Gasteiger charge is 2.17. The lowest BCUT2D eigenvalue weighted by Crippen LogP contribution is -2.07. The number of hydrogen-bond donors (Lipinski definition) is 2. The molecular formula is C20H22N4O4. The van der Waals surface area contributed by atoms with Gasteiger partial charge in [0.15, 0.2) is 5.78 Å². The Hall–Kier alpha value is -3.68. The molecular weight excluding hydrogens is 360 g/mol. The topological polar surface area (TPSA) is 105 Å². The summed E-state index contributed by atoms with van der Waals surface area (Å²) in [6.07, 6.45) is 2.93. The summed E-state index contributed by atoms with van der Waals surface area (Å²) < 4.78 is 0. The molecule has 0 saturated heterocycles. The predicted molar refractivity (Wildman–Crippen MR) is 109 cm³/mol. The fourth-order valence-corrected chi connectivity index (χ4v) is 2.54. The van der Waals surface area contributed by atoms with Crippen molar-refractivity contribution in [2.75, 3.05) is 24.7 Å². The highest BCUT2D eigenvalue weighted by molar-refractivity contribution is 6.05. The second-order valence-corrected chi connectivity index (χ2v) is 6.53. The molecule has 0 atom stereocenters. The van der Waals surface area contributed by atoms with E-state index < -0.39 is 4.92 Å². The van der Waals surface area contributed by atoms with Crippen LogP contribution in [0.3, 0.4) is 0 Å². The Labute approximate surface area is 163 Å². The summed E-state index contributed by atoms with van der Waals surface area (Å²) in [7, 11) is 3.55. The van der Waals surface area contributed by atoms with E-state index in [1.165, 1.54) is 31.2 Å². The van der Waals surface area contributed by atoms with Crippen LogP contribution in [0.4, 0.5) is 22.7 Å². The monoisotopic (exact) mass is 382 g/mol. The van der Waals surface area contributed by atoms with Gasteiger partial charge in [-0.3, -0.25) is 19.7 Å². The molecule has 0 spiro atoms. The molecule has 8 heteroatoms. The molecule has 0 bridgehead atoms. The van der Waals surface area contributed by atoms with Crippen LogP contribution in [0.25, 0.3) is 0 Å². The van der Waals surface area contributed by atoms with Crippen LogP contribution >= 0.6 is 0 Å². The Morgan fingerprint density at radius 1 is 1.11 bits per heavy atom. The first-order valence-electron chi connectivity index (χ1n) is 8.49. The molecule has 0 heterocycles. The number of rotatable bonds is 7. The van der Waals surface area contributed by atoms with Crippen molar-refractivity contribution < 1.29 is 14.5 Å². The molecule has 0 saturated carbocycles. The second kappa shape index (κ2) is 8.81. The lowest BCUT2D eigenvalue weighted by molar-refractivity contribution is -0.383. The minimum Gasteiger partial charge on any atom is -0.383 e. The normalized spacial score (nSPS) is 10.6. The van der Waals surface area contributed by atoms with Gasteiger partial charge in [-0.2, -0.15) is 0 Å². The van der Waals surface area contributed by atoms with Gasteiger partial charge < -0.3 is 15.5 Å². The molecule has 0 aliphatic rings. The van der Waals surface area contributed by atoms with Gasteiger partial charge in [-0.05, 0) is 42.8 Å². The average molecular weight is 382 g/mol. The maximum Gasteiger partial charge on any atom is 0.293 e. The summed E-state index contributed by atoms with van der Waals surface area (Å²) in [4.78, 5) is 36.1. The van der Waals surface area contributed by atoms with Gasteiger partial charge in [0.2, 0.25) is 5.91 Å². The quantitative estimate of drug-likeness (QED) is 0.326. The molecule has 2 aromatic carbocycles. The van der Waals surface area contributed by atoms with Crippen LogP contribution in [0, 0.1) is 17.0 Å². The van der Waals surface area contributed by atoms with Crippen LogP contribution in [-0.4, -0.2) is 35.6 Å². The van der Waals surface area contributed by atoms with Gasteiger partial charge in [0.25, 0.3) is 5.69 Å². The van der Waals surface area contributed by atoms with Crippen molar-refractivity contribution >= 4 is 34.4 Å². The molecule has 0 fully saturated rings. The van der Waals surface area contributed by atoms with Gasteiger partial charge >= 0.3 is 0 Å². The van der Waals surface area contributed by atoms with E-state index in [1.807, 2.05) is 6.92 Å². The number of hydrogen-bond acceptors (Lipinski definition) is 6.